The maximum Gasteiger partial charge on any atom is 0.184 e. The van der Waals surface area contributed by atoms with E-state index in [0.717, 1.165) is 0 Å². The fourth-order valence-corrected chi connectivity index (χ4v) is 0.806. The molecular weight excluding hydrogens is 142 g/mol. The summed E-state index contributed by atoms with van der Waals surface area (Å²) in [5.74, 6) is 0.411. The number of hydrogen-bond acceptors (Lipinski definition) is 3. The van der Waals surface area contributed by atoms with Crippen LogP contribution in [-0.2, 0) is 6.54 Å². The van der Waals surface area contributed by atoms with Crippen LogP contribution in [-0.4, -0.2) is 16.9 Å². The van der Waals surface area contributed by atoms with E-state index >= 15 is 0 Å². The van der Waals surface area contributed by atoms with E-state index in [4.69, 9.17) is 10.00 Å². The number of aryl methyl sites for hydroxylation is 1. The highest BCUT2D eigenvalue weighted by molar-refractivity contribution is 5.34. The zero-order chi connectivity index (χ0) is 8.27. The molecule has 0 saturated carbocycles. The molecule has 0 aliphatic carbocycles. The van der Waals surface area contributed by atoms with E-state index in [-0.39, 0.29) is 0 Å². The first kappa shape index (κ1) is 7.61. The van der Waals surface area contributed by atoms with E-state index in [2.05, 4.69) is 11.3 Å². The van der Waals surface area contributed by atoms with E-state index < -0.39 is 0 Å². The van der Waals surface area contributed by atoms with Gasteiger partial charge in [-0.25, -0.2) is 0 Å². The fraction of sp³-hybridized carbons (Fsp3) is 0.429. The van der Waals surface area contributed by atoms with Gasteiger partial charge in [-0.05, 0) is 6.92 Å². The molecule has 0 amide bonds. The van der Waals surface area contributed by atoms with Crippen LogP contribution in [0.3, 0.4) is 0 Å². The Labute approximate surface area is 65.0 Å². The predicted octanol–water partition coefficient (Wildman–Crippen LogP) is 0.583. The quantitative estimate of drug-likeness (QED) is 0.619. The van der Waals surface area contributed by atoms with E-state index in [1.807, 2.05) is 13.0 Å². The van der Waals surface area contributed by atoms with Crippen molar-refractivity contribution in [3.63, 3.8) is 0 Å². The van der Waals surface area contributed by atoms with Gasteiger partial charge in [0.05, 0.1) is 7.11 Å². The molecule has 57 valence electrons. The lowest BCUT2D eigenvalue weighted by Crippen LogP contribution is -1.99. The first-order valence-electron chi connectivity index (χ1n) is 3.26. The van der Waals surface area contributed by atoms with Gasteiger partial charge in [0.25, 0.3) is 0 Å². The Balaban J connectivity index is 3.12. The Bertz CT molecular complexity index is 263. The van der Waals surface area contributed by atoms with Gasteiger partial charge in [-0.15, -0.1) is 0 Å². The van der Waals surface area contributed by atoms with Gasteiger partial charge in [0.2, 0.25) is 0 Å². The van der Waals surface area contributed by atoms with E-state index in [0.29, 0.717) is 18.0 Å². The molecule has 0 aromatic carbocycles. The van der Waals surface area contributed by atoms with Crippen LogP contribution in [0.5, 0.6) is 5.75 Å². The molecule has 4 heteroatoms. The van der Waals surface area contributed by atoms with Crippen molar-refractivity contribution in [3.8, 4) is 11.8 Å². The highest BCUT2D eigenvalue weighted by Gasteiger charge is 2.08. The maximum absolute atomic E-state index is 8.64. The van der Waals surface area contributed by atoms with Crippen molar-refractivity contribution in [1.82, 2.24) is 9.78 Å². The van der Waals surface area contributed by atoms with Crippen molar-refractivity contribution in [1.29, 1.82) is 5.26 Å². The molecule has 0 aliphatic rings. The molecule has 0 atom stereocenters. The van der Waals surface area contributed by atoms with Crippen LogP contribution in [0.25, 0.3) is 0 Å². The highest BCUT2D eigenvalue weighted by Crippen LogP contribution is 2.14. The van der Waals surface area contributed by atoms with Gasteiger partial charge in [-0.2, -0.15) is 10.4 Å². The van der Waals surface area contributed by atoms with Gasteiger partial charge >= 0.3 is 0 Å². The summed E-state index contributed by atoms with van der Waals surface area (Å²) < 4.78 is 6.40. The first-order chi connectivity index (χ1) is 5.33. The number of rotatable bonds is 2. The SMILES string of the molecule is CCn1n[c]c(OC)c1C#N. The molecule has 0 aliphatic heterocycles. The number of ether oxygens (including phenoxy) is 1. The monoisotopic (exact) mass is 150 g/mol. The molecule has 11 heavy (non-hydrogen) atoms. The smallest absolute Gasteiger partial charge is 0.184 e. The Morgan fingerprint density at radius 2 is 2.55 bits per heavy atom. The van der Waals surface area contributed by atoms with Gasteiger partial charge in [0.15, 0.2) is 17.6 Å². The van der Waals surface area contributed by atoms with Crippen molar-refractivity contribution in [2.24, 2.45) is 0 Å². The summed E-state index contributed by atoms with van der Waals surface area (Å²) in [5, 5.41) is 12.5. The van der Waals surface area contributed by atoms with E-state index in [1.54, 1.807) is 4.68 Å². The first-order valence-corrected chi connectivity index (χ1v) is 3.26. The van der Waals surface area contributed by atoms with Crippen molar-refractivity contribution >= 4 is 0 Å². The average molecular weight is 150 g/mol. The molecule has 4 nitrogen and oxygen atoms in total. The number of nitrogens with zero attached hydrogens (tertiary/aromatic N) is 3. The third kappa shape index (κ3) is 1.17. The molecule has 0 bridgehead atoms. The second-order valence-corrected chi connectivity index (χ2v) is 1.92. The largest absolute Gasteiger partial charge is 0.491 e. The maximum atomic E-state index is 8.64. The summed E-state index contributed by atoms with van der Waals surface area (Å²) >= 11 is 0. The van der Waals surface area contributed by atoms with Gasteiger partial charge in [0.1, 0.15) is 6.07 Å². The molecule has 0 saturated heterocycles. The summed E-state index contributed by atoms with van der Waals surface area (Å²) in [6, 6.07) is 1.99. The molecule has 0 spiro atoms. The standard InChI is InChI=1S/C7H8N3O/c1-3-10-6(4-8)7(11-2)5-9-10/h3H2,1-2H3. The highest BCUT2D eigenvalue weighted by atomic mass is 16.5. The summed E-state index contributed by atoms with van der Waals surface area (Å²) in [7, 11) is 1.49. The van der Waals surface area contributed by atoms with Crippen LogP contribution < -0.4 is 4.74 Å². The van der Waals surface area contributed by atoms with Crippen molar-refractivity contribution in [2.75, 3.05) is 7.11 Å². The second kappa shape index (κ2) is 3.06. The Morgan fingerprint density at radius 1 is 1.82 bits per heavy atom. The molecule has 1 rings (SSSR count). The molecule has 1 aromatic rings. The van der Waals surface area contributed by atoms with E-state index in [9.17, 15) is 0 Å². The minimum atomic E-state index is 0.411. The fourth-order valence-electron chi connectivity index (χ4n) is 0.806. The molecule has 0 unspecified atom stereocenters. The minimum Gasteiger partial charge on any atom is -0.491 e. The Hall–Kier alpha value is -1.50. The van der Waals surface area contributed by atoms with Crippen molar-refractivity contribution in [3.05, 3.63) is 11.9 Å². The lowest BCUT2D eigenvalue weighted by atomic mass is 10.4. The zero-order valence-corrected chi connectivity index (χ0v) is 6.46. The van der Waals surface area contributed by atoms with Crippen LogP contribution in [0.15, 0.2) is 0 Å². The van der Waals surface area contributed by atoms with Gasteiger partial charge in [0, 0.05) is 6.54 Å². The lowest BCUT2D eigenvalue weighted by Gasteiger charge is -1.96. The lowest BCUT2D eigenvalue weighted by molar-refractivity contribution is 0.411. The van der Waals surface area contributed by atoms with Crippen LogP contribution in [0.2, 0.25) is 0 Å². The number of hydrogen-bond donors (Lipinski definition) is 0. The van der Waals surface area contributed by atoms with Gasteiger partial charge in [-0.3, -0.25) is 4.68 Å². The Kier molecular flexibility index (Phi) is 2.12. The van der Waals surface area contributed by atoms with Crippen LogP contribution in [0, 0.1) is 17.5 Å². The summed E-state index contributed by atoms with van der Waals surface area (Å²) in [6.45, 7) is 2.56. The predicted molar refractivity (Wildman–Crippen MR) is 38.0 cm³/mol. The van der Waals surface area contributed by atoms with Crippen molar-refractivity contribution in [2.45, 2.75) is 13.5 Å². The number of nitriles is 1. The third-order valence-electron chi connectivity index (χ3n) is 1.36. The molecular formula is C7H8N3O. The average Bonchev–Trinajstić information content (AvgIpc) is 2.45. The molecule has 0 fully saturated rings. The van der Waals surface area contributed by atoms with Crippen LogP contribution >= 0.6 is 0 Å². The molecule has 1 aromatic heterocycles. The molecule has 1 heterocycles. The molecule has 0 N–H and O–H groups in total. The van der Waals surface area contributed by atoms with Gasteiger partial charge in [-0.1, -0.05) is 0 Å². The Morgan fingerprint density at radius 3 is 3.00 bits per heavy atom. The molecule has 1 radical (unpaired) electrons. The van der Waals surface area contributed by atoms with Crippen molar-refractivity contribution < 1.29 is 4.74 Å². The summed E-state index contributed by atoms with van der Waals surface area (Å²) in [6.07, 6.45) is 2.59. The van der Waals surface area contributed by atoms with Gasteiger partial charge < -0.3 is 4.74 Å². The van der Waals surface area contributed by atoms with E-state index in [1.165, 1.54) is 7.11 Å². The summed E-state index contributed by atoms with van der Waals surface area (Å²) in [4.78, 5) is 0. The summed E-state index contributed by atoms with van der Waals surface area (Å²) in [5.41, 5.74) is 0.426. The van der Waals surface area contributed by atoms with Crippen LogP contribution in [0.4, 0.5) is 0 Å². The number of aromatic nitrogens is 2. The topological polar surface area (TPSA) is 50.8 Å². The third-order valence-corrected chi connectivity index (χ3v) is 1.36. The minimum absolute atomic E-state index is 0.411. The number of methoxy groups -OCH3 is 1. The van der Waals surface area contributed by atoms with Crippen LogP contribution in [0.1, 0.15) is 12.6 Å². The zero-order valence-electron chi connectivity index (χ0n) is 6.46. The normalized spacial score (nSPS) is 9.18. The second-order valence-electron chi connectivity index (χ2n) is 1.92.